The summed E-state index contributed by atoms with van der Waals surface area (Å²) in [7, 11) is 4.10. The zero-order valence-electron chi connectivity index (χ0n) is 12.9. The van der Waals surface area contributed by atoms with Gasteiger partial charge in [0, 0.05) is 29.0 Å². The van der Waals surface area contributed by atoms with Crippen LogP contribution in [0.25, 0.3) is 22.2 Å². The maximum atomic E-state index is 6.18. The van der Waals surface area contributed by atoms with Gasteiger partial charge in [-0.25, -0.2) is 4.98 Å². The first kappa shape index (κ1) is 14.9. The minimum Gasteiger partial charge on any atom is -0.370 e. The summed E-state index contributed by atoms with van der Waals surface area (Å²) in [4.78, 5) is 9.61. The van der Waals surface area contributed by atoms with E-state index in [1.807, 2.05) is 26.4 Å². The third-order valence-electron chi connectivity index (χ3n) is 3.83. The highest BCUT2D eigenvalue weighted by atomic mass is 35.5. The first-order chi connectivity index (χ1) is 10.5. The Morgan fingerprint density at radius 2 is 2.05 bits per heavy atom. The minimum absolute atomic E-state index is 0.259. The molecule has 114 valence electrons. The van der Waals surface area contributed by atoms with Gasteiger partial charge in [-0.15, -0.1) is 0 Å². The number of H-pyrrole nitrogens is 1. The van der Waals surface area contributed by atoms with Crippen molar-refractivity contribution in [3.05, 3.63) is 47.7 Å². The summed E-state index contributed by atoms with van der Waals surface area (Å²) in [5, 5.41) is 5.11. The molecule has 0 fully saturated rings. The second kappa shape index (κ2) is 5.99. The van der Waals surface area contributed by atoms with Crippen molar-refractivity contribution in [3.8, 4) is 11.1 Å². The number of nitrogens with zero attached hydrogens (tertiary/aromatic N) is 2. The average Bonchev–Trinajstić information content (AvgIpc) is 2.88. The minimum atomic E-state index is 0.259. The van der Waals surface area contributed by atoms with E-state index in [9.17, 15) is 0 Å². The lowest BCUT2D eigenvalue weighted by Gasteiger charge is -2.22. The summed E-state index contributed by atoms with van der Waals surface area (Å²) in [5.74, 6) is 0. The monoisotopic (exact) mass is 314 g/mol. The van der Waals surface area contributed by atoms with Gasteiger partial charge in [0.2, 0.25) is 0 Å². The van der Waals surface area contributed by atoms with Gasteiger partial charge in [0.05, 0.1) is 11.2 Å². The summed E-state index contributed by atoms with van der Waals surface area (Å²) in [6, 6.07) is 10.4. The largest absolute Gasteiger partial charge is 0.370 e. The Balaban J connectivity index is 1.94. The summed E-state index contributed by atoms with van der Waals surface area (Å²) >= 11 is 6.18. The van der Waals surface area contributed by atoms with Crippen molar-refractivity contribution >= 4 is 28.3 Å². The number of anilines is 1. The van der Waals surface area contributed by atoms with E-state index in [1.54, 1.807) is 6.20 Å². The molecule has 0 bridgehead atoms. The SMILES string of the molecule is CC(Nc1cccc(-c2cnc3[nH]cc(Cl)c3c2)c1)N(C)C. The van der Waals surface area contributed by atoms with Crippen molar-refractivity contribution in [1.29, 1.82) is 0 Å². The topological polar surface area (TPSA) is 44.0 Å². The van der Waals surface area contributed by atoms with Gasteiger partial charge in [-0.05, 0) is 44.8 Å². The van der Waals surface area contributed by atoms with Crippen molar-refractivity contribution in [3.63, 3.8) is 0 Å². The van der Waals surface area contributed by atoms with Gasteiger partial charge in [-0.2, -0.15) is 0 Å². The van der Waals surface area contributed by atoms with Crippen molar-refractivity contribution in [1.82, 2.24) is 14.9 Å². The van der Waals surface area contributed by atoms with E-state index >= 15 is 0 Å². The highest BCUT2D eigenvalue weighted by Gasteiger charge is 2.08. The Kier molecular flexibility index (Phi) is 4.05. The van der Waals surface area contributed by atoms with Crippen LogP contribution in [0.3, 0.4) is 0 Å². The van der Waals surface area contributed by atoms with Crippen LogP contribution < -0.4 is 5.32 Å². The van der Waals surface area contributed by atoms with Crippen LogP contribution in [0.5, 0.6) is 0 Å². The number of nitrogens with one attached hydrogen (secondary N) is 2. The molecule has 0 aliphatic heterocycles. The molecule has 5 heteroatoms. The van der Waals surface area contributed by atoms with E-state index in [-0.39, 0.29) is 6.17 Å². The van der Waals surface area contributed by atoms with Crippen LogP contribution in [0.1, 0.15) is 6.92 Å². The first-order valence-electron chi connectivity index (χ1n) is 7.20. The number of aromatic amines is 1. The molecule has 0 aliphatic rings. The van der Waals surface area contributed by atoms with Gasteiger partial charge in [-0.1, -0.05) is 23.7 Å². The van der Waals surface area contributed by atoms with Gasteiger partial charge >= 0.3 is 0 Å². The maximum Gasteiger partial charge on any atom is 0.138 e. The van der Waals surface area contributed by atoms with Gasteiger partial charge < -0.3 is 10.3 Å². The summed E-state index contributed by atoms with van der Waals surface area (Å²) in [6.07, 6.45) is 3.89. The number of hydrogen-bond donors (Lipinski definition) is 2. The Hall–Kier alpha value is -2.04. The number of halogens is 1. The molecule has 3 aromatic rings. The third-order valence-corrected chi connectivity index (χ3v) is 4.14. The fourth-order valence-electron chi connectivity index (χ4n) is 2.29. The van der Waals surface area contributed by atoms with Gasteiger partial charge in [0.25, 0.3) is 0 Å². The molecular formula is C17H19ClN4. The molecule has 0 spiro atoms. The fraction of sp³-hybridized carbons (Fsp3) is 0.235. The van der Waals surface area contributed by atoms with Crippen LogP contribution in [0.4, 0.5) is 5.69 Å². The summed E-state index contributed by atoms with van der Waals surface area (Å²) in [5.41, 5.74) is 4.06. The zero-order valence-corrected chi connectivity index (χ0v) is 13.6. The van der Waals surface area contributed by atoms with Crippen LogP contribution in [-0.2, 0) is 0 Å². The summed E-state index contributed by atoms with van der Waals surface area (Å²) in [6.45, 7) is 2.12. The molecule has 0 amide bonds. The van der Waals surface area contributed by atoms with E-state index < -0.39 is 0 Å². The molecule has 22 heavy (non-hydrogen) atoms. The van der Waals surface area contributed by atoms with Gasteiger partial charge in [0.1, 0.15) is 5.65 Å². The first-order valence-corrected chi connectivity index (χ1v) is 7.58. The number of pyridine rings is 1. The van der Waals surface area contributed by atoms with E-state index in [2.05, 4.69) is 51.4 Å². The molecule has 2 N–H and O–H groups in total. The predicted octanol–water partition coefficient (Wildman–Crippen LogP) is 4.20. The van der Waals surface area contributed by atoms with E-state index in [0.717, 1.165) is 27.8 Å². The van der Waals surface area contributed by atoms with Crippen LogP contribution in [0, 0.1) is 0 Å². The second-order valence-corrected chi connectivity index (χ2v) is 6.03. The Morgan fingerprint density at radius 1 is 1.23 bits per heavy atom. The van der Waals surface area contributed by atoms with Gasteiger partial charge in [-0.3, -0.25) is 4.90 Å². The molecule has 0 saturated carbocycles. The Morgan fingerprint density at radius 3 is 2.82 bits per heavy atom. The average molecular weight is 315 g/mol. The summed E-state index contributed by atoms with van der Waals surface area (Å²) < 4.78 is 0. The molecule has 4 nitrogen and oxygen atoms in total. The van der Waals surface area contributed by atoms with Crippen LogP contribution >= 0.6 is 11.6 Å². The predicted molar refractivity (Wildman–Crippen MR) is 93.3 cm³/mol. The lowest BCUT2D eigenvalue weighted by atomic mass is 10.1. The molecule has 3 rings (SSSR count). The van der Waals surface area contributed by atoms with Crippen LogP contribution in [-0.4, -0.2) is 35.1 Å². The molecule has 0 aliphatic carbocycles. The number of aromatic nitrogens is 2. The number of rotatable bonds is 4. The van der Waals surface area contributed by atoms with Crippen molar-refractivity contribution in [2.75, 3.05) is 19.4 Å². The highest BCUT2D eigenvalue weighted by Crippen LogP contribution is 2.28. The second-order valence-electron chi connectivity index (χ2n) is 5.62. The molecule has 2 heterocycles. The number of hydrogen-bond acceptors (Lipinski definition) is 3. The van der Waals surface area contributed by atoms with Gasteiger partial charge in [0.15, 0.2) is 0 Å². The molecule has 1 aromatic carbocycles. The molecule has 1 unspecified atom stereocenters. The molecule has 1 atom stereocenters. The lowest BCUT2D eigenvalue weighted by Crippen LogP contribution is -2.31. The standard InChI is InChI=1S/C17H19ClN4/c1-11(22(2)3)21-14-6-4-5-12(7-14)13-8-15-16(18)10-20-17(15)19-9-13/h4-11,21H,1-3H3,(H,19,20). The third kappa shape index (κ3) is 2.93. The van der Waals surface area contributed by atoms with Crippen molar-refractivity contribution in [2.45, 2.75) is 13.1 Å². The quantitative estimate of drug-likeness (QED) is 0.709. The Bertz CT molecular complexity index is 794. The van der Waals surface area contributed by atoms with E-state index in [1.165, 1.54) is 0 Å². The molecule has 0 saturated heterocycles. The maximum absolute atomic E-state index is 6.18. The zero-order chi connectivity index (χ0) is 15.7. The highest BCUT2D eigenvalue weighted by molar-refractivity contribution is 6.35. The number of benzene rings is 1. The number of fused-ring (bicyclic) bond motifs is 1. The molecule has 2 aromatic heterocycles. The smallest absolute Gasteiger partial charge is 0.138 e. The normalized spacial score (nSPS) is 12.8. The molecule has 0 radical (unpaired) electrons. The van der Waals surface area contributed by atoms with E-state index in [0.29, 0.717) is 5.02 Å². The van der Waals surface area contributed by atoms with Crippen LogP contribution in [0.15, 0.2) is 42.7 Å². The van der Waals surface area contributed by atoms with Crippen molar-refractivity contribution < 1.29 is 0 Å². The van der Waals surface area contributed by atoms with E-state index in [4.69, 9.17) is 11.6 Å². The fourth-order valence-corrected chi connectivity index (χ4v) is 2.49. The lowest BCUT2D eigenvalue weighted by molar-refractivity contribution is 0.343. The van der Waals surface area contributed by atoms with Crippen LogP contribution in [0.2, 0.25) is 5.02 Å². The Labute approximate surface area is 135 Å². The molecular weight excluding hydrogens is 296 g/mol. The van der Waals surface area contributed by atoms with Crippen molar-refractivity contribution in [2.24, 2.45) is 0 Å².